The highest BCUT2D eigenvalue weighted by atomic mass is 19.3. The summed E-state index contributed by atoms with van der Waals surface area (Å²) in [6.07, 6.45) is 1.05. The lowest BCUT2D eigenvalue weighted by molar-refractivity contribution is -0.161. The predicted octanol–water partition coefficient (Wildman–Crippen LogP) is 2.51. The molecule has 0 bridgehead atoms. The Balaban J connectivity index is 1.62. The highest BCUT2D eigenvalue weighted by Gasteiger charge is 2.46. The normalized spacial score (nSPS) is 25.1. The lowest BCUT2D eigenvalue weighted by atomic mass is 9.84. The monoisotopic (exact) mass is 353 g/mol. The molecule has 25 heavy (non-hydrogen) atoms. The number of hydrogen-bond donors (Lipinski definition) is 1. The number of aliphatic carboxylic acids is 1. The summed E-state index contributed by atoms with van der Waals surface area (Å²) in [6.45, 7) is 0.795. The maximum Gasteiger partial charge on any atom is 0.349 e. The molecule has 0 saturated carbocycles. The van der Waals surface area contributed by atoms with E-state index in [2.05, 4.69) is 0 Å². The van der Waals surface area contributed by atoms with E-state index in [9.17, 15) is 23.5 Å². The van der Waals surface area contributed by atoms with Crippen molar-refractivity contribution in [1.29, 1.82) is 0 Å². The summed E-state index contributed by atoms with van der Waals surface area (Å²) in [4.78, 5) is 24.7. The number of halogens is 2. The first-order valence-corrected chi connectivity index (χ1v) is 8.48. The number of ether oxygens (including phenoxy) is 1. The average Bonchev–Trinajstić information content (AvgIpc) is 3.12. The Morgan fingerprint density at radius 2 is 1.76 bits per heavy atom. The van der Waals surface area contributed by atoms with Gasteiger partial charge in [0.05, 0.1) is 12.0 Å². The highest BCUT2D eigenvalue weighted by Crippen LogP contribution is 2.36. The number of carbonyl (C=O) groups excluding carboxylic acids is 1. The molecule has 136 valence electrons. The third-order valence-corrected chi connectivity index (χ3v) is 5.15. The van der Waals surface area contributed by atoms with Gasteiger partial charge >= 0.3 is 11.9 Å². The molecule has 1 aromatic rings. The third kappa shape index (κ3) is 3.51. The topological polar surface area (TPSA) is 66.8 Å². The Hall–Kier alpha value is -2.02. The minimum absolute atomic E-state index is 0.0157. The van der Waals surface area contributed by atoms with Crippen molar-refractivity contribution in [2.24, 2.45) is 11.8 Å². The van der Waals surface area contributed by atoms with Gasteiger partial charge in [-0.05, 0) is 25.2 Å². The highest BCUT2D eigenvalue weighted by molar-refractivity contribution is 5.85. The van der Waals surface area contributed by atoms with Gasteiger partial charge in [-0.3, -0.25) is 9.59 Å². The molecule has 0 aromatic heterocycles. The second-order valence-corrected chi connectivity index (χ2v) is 6.64. The summed E-state index contributed by atoms with van der Waals surface area (Å²) in [5.41, 5.74) is -0.313. The van der Waals surface area contributed by atoms with Gasteiger partial charge in [0.1, 0.15) is 0 Å². The van der Waals surface area contributed by atoms with Crippen molar-refractivity contribution >= 4 is 11.9 Å². The van der Waals surface area contributed by atoms with Crippen molar-refractivity contribution in [1.82, 2.24) is 4.90 Å². The van der Waals surface area contributed by atoms with Crippen molar-refractivity contribution in [3.8, 4) is 0 Å². The van der Waals surface area contributed by atoms with Gasteiger partial charge in [-0.25, -0.2) is 0 Å². The van der Waals surface area contributed by atoms with Crippen molar-refractivity contribution in [3.63, 3.8) is 0 Å². The molecule has 2 fully saturated rings. The first-order chi connectivity index (χ1) is 11.9. The molecule has 0 spiro atoms. The lowest BCUT2D eigenvalue weighted by Gasteiger charge is -2.36. The van der Waals surface area contributed by atoms with Crippen LogP contribution in [0.1, 0.15) is 24.8 Å². The first-order valence-electron chi connectivity index (χ1n) is 8.48. The molecule has 3 rings (SSSR count). The number of hydrogen-bond acceptors (Lipinski definition) is 3. The third-order valence-electron chi connectivity index (χ3n) is 5.15. The van der Waals surface area contributed by atoms with Crippen molar-refractivity contribution < 1.29 is 28.2 Å². The summed E-state index contributed by atoms with van der Waals surface area (Å²) in [7, 11) is 0. The van der Waals surface area contributed by atoms with Gasteiger partial charge < -0.3 is 14.7 Å². The van der Waals surface area contributed by atoms with Gasteiger partial charge in [0.2, 0.25) is 0 Å². The van der Waals surface area contributed by atoms with Crippen molar-refractivity contribution in [2.75, 3.05) is 19.7 Å². The van der Waals surface area contributed by atoms with Crippen LogP contribution in [0.4, 0.5) is 8.78 Å². The van der Waals surface area contributed by atoms with Gasteiger partial charge in [-0.15, -0.1) is 0 Å². The molecule has 2 heterocycles. The van der Waals surface area contributed by atoms with E-state index in [4.69, 9.17) is 4.74 Å². The Morgan fingerprint density at radius 3 is 2.36 bits per heavy atom. The molecule has 0 radical (unpaired) electrons. The maximum atomic E-state index is 14.4. The number of piperidine rings is 1. The molecular weight excluding hydrogens is 332 g/mol. The Bertz CT molecular complexity index is 629. The van der Waals surface area contributed by atoms with E-state index in [0.717, 1.165) is 0 Å². The number of nitrogens with zero attached hydrogens (tertiary/aromatic N) is 1. The molecule has 1 unspecified atom stereocenters. The average molecular weight is 353 g/mol. The molecule has 1 aromatic carbocycles. The van der Waals surface area contributed by atoms with Crippen LogP contribution in [0.3, 0.4) is 0 Å². The Morgan fingerprint density at radius 1 is 1.12 bits per heavy atom. The summed E-state index contributed by atoms with van der Waals surface area (Å²) in [5.74, 6) is -6.19. The second kappa shape index (κ2) is 7.07. The van der Waals surface area contributed by atoms with Gasteiger partial charge in [-0.1, -0.05) is 30.3 Å². The first kappa shape index (κ1) is 17.8. The van der Waals surface area contributed by atoms with Crippen LogP contribution in [0.25, 0.3) is 0 Å². The standard InChI is InChI=1S/C18H21F2NO4/c19-18(20,13-4-2-1-3-5-13)17(24)21-9-6-12(7-10-21)15-14(16(22)23)8-11-25-15/h1-5,12,14-15H,6-11H2,(H,22,23)/t14?,15-/m0/s1. The molecule has 2 aliphatic heterocycles. The summed E-state index contributed by atoms with van der Waals surface area (Å²) in [6, 6.07) is 7.07. The van der Waals surface area contributed by atoms with E-state index in [0.29, 0.717) is 25.9 Å². The van der Waals surface area contributed by atoms with Gasteiger partial charge in [-0.2, -0.15) is 8.78 Å². The van der Waals surface area contributed by atoms with Gasteiger partial charge in [0.15, 0.2) is 0 Å². The van der Waals surface area contributed by atoms with E-state index in [1.165, 1.54) is 29.2 Å². The van der Waals surface area contributed by atoms with Crippen LogP contribution in [0.5, 0.6) is 0 Å². The van der Waals surface area contributed by atoms with E-state index in [1.54, 1.807) is 6.07 Å². The van der Waals surface area contributed by atoms with Crippen LogP contribution >= 0.6 is 0 Å². The van der Waals surface area contributed by atoms with Crippen LogP contribution in [-0.2, 0) is 20.2 Å². The number of carboxylic acid groups (broad SMARTS) is 1. The molecule has 2 atom stereocenters. The Kier molecular flexibility index (Phi) is 5.03. The van der Waals surface area contributed by atoms with Crippen LogP contribution in [0.2, 0.25) is 0 Å². The maximum absolute atomic E-state index is 14.4. The summed E-state index contributed by atoms with van der Waals surface area (Å²) < 4.78 is 34.4. The van der Waals surface area contributed by atoms with Gasteiger partial charge in [0, 0.05) is 25.3 Å². The molecule has 5 nitrogen and oxygen atoms in total. The number of likely N-dealkylation sites (tertiary alicyclic amines) is 1. The zero-order chi connectivity index (χ0) is 18.0. The number of benzene rings is 1. The number of carboxylic acids is 1. The number of carbonyl (C=O) groups is 2. The number of alkyl halides is 2. The predicted molar refractivity (Wildman–Crippen MR) is 85.1 cm³/mol. The fraction of sp³-hybridized carbons (Fsp3) is 0.556. The minimum atomic E-state index is -3.55. The smallest absolute Gasteiger partial charge is 0.349 e. The quantitative estimate of drug-likeness (QED) is 0.903. The van der Waals surface area contributed by atoms with Crippen LogP contribution in [-0.4, -0.2) is 47.7 Å². The summed E-state index contributed by atoms with van der Waals surface area (Å²) >= 11 is 0. The van der Waals surface area contributed by atoms with Crippen LogP contribution < -0.4 is 0 Å². The molecule has 2 aliphatic rings. The van der Waals surface area contributed by atoms with E-state index < -0.39 is 23.7 Å². The molecular formula is C18H21F2NO4. The number of amides is 1. The largest absolute Gasteiger partial charge is 0.481 e. The lowest BCUT2D eigenvalue weighted by Crippen LogP contribution is -2.48. The second-order valence-electron chi connectivity index (χ2n) is 6.64. The van der Waals surface area contributed by atoms with E-state index >= 15 is 0 Å². The molecule has 0 aliphatic carbocycles. The molecule has 2 saturated heterocycles. The zero-order valence-electron chi connectivity index (χ0n) is 13.7. The molecule has 1 amide bonds. The van der Waals surface area contributed by atoms with Crippen molar-refractivity contribution in [2.45, 2.75) is 31.3 Å². The van der Waals surface area contributed by atoms with Crippen LogP contribution in [0, 0.1) is 11.8 Å². The van der Waals surface area contributed by atoms with Crippen LogP contribution in [0.15, 0.2) is 30.3 Å². The number of rotatable bonds is 4. The fourth-order valence-corrected chi connectivity index (χ4v) is 3.74. The molecule has 7 heteroatoms. The zero-order valence-corrected chi connectivity index (χ0v) is 13.7. The van der Waals surface area contributed by atoms with Crippen molar-refractivity contribution in [3.05, 3.63) is 35.9 Å². The van der Waals surface area contributed by atoms with E-state index in [-0.39, 0.29) is 30.7 Å². The fourth-order valence-electron chi connectivity index (χ4n) is 3.74. The summed E-state index contributed by atoms with van der Waals surface area (Å²) in [5, 5.41) is 9.24. The molecule has 1 N–H and O–H groups in total. The SMILES string of the molecule is O=C(O)C1CCO[C@H]1C1CCN(C(=O)C(F)(F)c2ccccc2)CC1. The Labute approximate surface area is 144 Å². The van der Waals surface area contributed by atoms with Gasteiger partial charge in [0.25, 0.3) is 5.91 Å². The minimum Gasteiger partial charge on any atom is -0.481 e. The van der Waals surface area contributed by atoms with E-state index in [1.807, 2.05) is 0 Å².